The van der Waals surface area contributed by atoms with Gasteiger partial charge in [0.05, 0.1) is 5.41 Å². The molecule has 4 aliphatic rings. The lowest BCUT2D eigenvalue weighted by Gasteiger charge is -2.57. The Balaban J connectivity index is 1.86. The highest BCUT2D eigenvalue weighted by Gasteiger charge is 2.60. The van der Waals surface area contributed by atoms with E-state index in [0.29, 0.717) is 11.8 Å². The molecule has 0 aliphatic heterocycles. The summed E-state index contributed by atoms with van der Waals surface area (Å²) in [6.07, 6.45) is 7.62. The number of carbonyl (C=O) groups is 1. The third-order valence-corrected chi connectivity index (χ3v) is 5.41. The monoisotopic (exact) mass is 264 g/mol. The SMILES string of the molecule is CC(C)(C)/C=C/C(=O)C12CC3CC(CC(C3)C1F)C2. The lowest BCUT2D eigenvalue weighted by Crippen LogP contribution is -2.57. The van der Waals surface area contributed by atoms with E-state index in [-0.39, 0.29) is 17.1 Å². The maximum absolute atomic E-state index is 14.8. The minimum atomic E-state index is -0.891. The Hall–Kier alpha value is -0.660. The highest BCUT2D eigenvalue weighted by atomic mass is 19.1. The van der Waals surface area contributed by atoms with Crippen LogP contribution < -0.4 is 0 Å². The van der Waals surface area contributed by atoms with Crippen LogP contribution in [0.3, 0.4) is 0 Å². The Morgan fingerprint density at radius 3 is 2.26 bits per heavy atom. The van der Waals surface area contributed by atoms with Gasteiger partial charge in [-0.25, -0.2) is 4.39 Å². The van der Waals surface area contributed by atoms with E-state index in [1.165, 1.54) is 6.42 Å². The van der Waals surface area contributed by atoms with Crippen LogP contribution in [0.4, 0.5) is 4.39 Å². The maximum atomic E-state index is 14.8. The zero-order chi connectivity index (χ0) is 13.8. The molecule has 3 unspecified atom stereocenters. The Kier molecular flexibility index (Phi) is 2.92. The maximum Gasteiger partial charge on any atom is 0.164 e. The van der Waals surface area contributed by atoms with Crippen LogP contribution in [0.5, 0.6) is 0 Å². The summed E-state index contributed by atoms with van der Waals surface area (Å²) < 4.78 is 14.8. The van der Waals surface area contributed by atoms with Gasteiger partial charge in [-0.05, 0) is 61.3 Å². The van der Waals surface area contributed by atoms with Crippen LogP contribution in [0.25, 0.3) is 0 Å². The summed E-state index contributed by atoms with van der Waals surface area (Å²) >= 11 is 0. The first-order valence-electron chi connectivity index (χ1n) is 7.68. The van der Waals surface area contributed by atoms with Crippen LogP contribution in [0, 0.1) is 28.6 Å². The molecule has 4 aliphatic carbocycles. The van der Waals surface area contributed by atoms with Crippen LogP contribution in [-0.4, -0.2) is 12.0 Å². The number of ketones is 1. The van der Waals surface area contributed by atoms with Crippen molar-refractivity contribution in [2.24, 2.45) is 28.6 Å². The van der Waals surface area contributed by atoms with E-state index in [1.54, 1.807) is 6.08 Å². The van der Waals surface area contributed by atoms with Crippen molar-refractivity contribution in [1.82, 2.24) is 0 Å². The summed E-state index contributed by atoms with van der Waals surface area (Å²) in [5.41, 5.74) is -0.666. The van der Waals surface area contributed by atoms with E-state index >= 15 is 0 Å². The zero-order valence-corrected chi connectivity index (χ0v) is 12.3. The van der Waals surface area contributed by atoms with E-state index in [2.05, 4.69) is 20.8 Å². The first-order valence-corrected chi connectivity index (χ1v) is 7.68. The van der Waals surface area contributed by atoms with Gasteiger partial charge in [-0.3, -0.25) is 4.79 Å². The molecule has 4 saturated carbocycles. The van der Waals surface area contributed by atoms with Gasteiger partial charge in [-0.2, -0.15) is 0 Å². The second kappa shape index (κ2) is 4.17. The van der Waals surface area contributed by atoms with Gasteiger partial charge >= 0.3 is 0 Å². The highest BCUT2D eigenvalue weighted by Crippen LogP contribution is 2.61. The van der Waals surface area contributed by atoms with Crippen LogP contribution in [0.15, 0.2) is 12.2 Å². The number of alkyl halides is 1. The topological polar surface area (TPSA) is 17.1 Å². The fourth-order valence-corrected chi connectivity index (χ4v) is 4.81. The average molecular weight is 264 g/mol. The predicted octanol–water partition coefficient (Wildman–Crippen LogP) is 4.32. The second-order valence-corrected chi connectivity index (χ2v) is 8.23. The number of hydrogen-bond acceptors (Lipinski definition) is 1. The van der Waals surface area contributed by atoms with Gasteiger partial charge in [0.25, 0.3) is 0 Å². The van der Waals surface area contributed by atoms with E-state index in [1.807, 2.05) is 6.08 Å². The average Bonchev–Trinajstić information content (AvgIpc) is 2.30. The van der Waals surface area contributed by atoms with E-state index < -0.39 is 11.6 Å². The van der Waals surface area contributed by atoms with Crippen molar-refractivity contribution < 1.29 is 9.18 Å². The summed E-state index contributed by atoms with van der Waals surface area (Å²) in [7, 11) is 0. The molecule has 4 bridgehead atoms. The fraction of sp³-hybridized carbons (Fsp3) is 0.824. The molecule has 106 valence electrons. The number of halogens is 1. The first kappa shape index (κ1) is 13.3. The molecule has 4 fully saturated rings. The molecule has 19 heavy (non-hydrogen) atoms. The van der Waals surface area contributed by atoms with Crippen molar-refractivity contribution in [2.45, 2.75) is 59.0 Å². The van der Waals surface area contributed by atoms with Crippen LogP contribution in [0.2, 0.25) is 0 Å². The highest BCUT2D eigenvalue weighted by molar-refractivity contribution is 5.95. The summed E-state index contributed by atoms with van der Waals surface area (Å²) in [6, 6.07) is 0. The van der Waals surface area contributed by atoms with Gasteiger partial charge < -0.3 is 0 Å². The van der Waals surface area contributed by atoms with Crippen LogP contribution in [0.1, 0.15) is 52.9 Å². The molecule has 0 aromatic carbocycles. The van der Waals surface area contributed by atoms with Gasteiger partial charge in [0.1, 0.15) is 6.17 Å². The van der Waals surface area contributed by atoms with E-state index in [4.69, 9.17) is 0 Å². The van der Waals surface area contributed by atoms with Crippen LogP contribution in [-0.2, 0) is 4.79 Å². The molecule has 1 nitrogen and oxygen atoms in total. The second-order valence-electron chi connectivity index (χ2n) is 8.23. The van der Waals surface area contributed by atoms with E-state index in [0.717, 1.165) is 25.7 Å². The lowest BCUT2D eigenvalue weighted by molar-refractivity contribution is -0.155. The zero-order valence-electron chi connectivity index (χ0n) is 12.3. The van der Waals surface area contributed by atoms with Crippen molar-refractivity contribution in [3.05, 3.63) is 12.2 Å². The van der Waals surface area contributed by atoms with Gasteiger partial charge in [-0.1, -0.05) is 26.8 Å². The lowest BCUT2D eigenvalue weighted by atomic mass is 9.47. The Morgan fingerprint density at radius 2 is 1.74 bits per heavy atom. The van der Waals surface area contributed by atoms with Gasteiger partial charge in [0.15, 0.2) is 5.78 Å². The molecule has 2 heteroatoms. The molecular weight excluding hydrogens is 239 g/mol. The molecule has 0 radical (unpaired) electrons. The summed E-state index contributed by atoms with van der Waals surface area (Å²) in [5.74, 6) is 1.44. The summed E-state index contributed by atoms with van der Waals surface area (Å²) in [5, 5.41) is 0. The van der Waals surface area contributed by atoms with Crippen molar-refractivity contribution in [3.8, 4) is 0 Å². The Bertz CT molecular complexity index is 403. The number of carbonyl (C=O) groups excluding carboxylic acids is 1. The molecule has 0 heterocycles. The van der Waals surface area contributed by atoms with Gasteiger partial charge in [0, 0.05) is 0 Å². The Labute approximate surface area is 115 Å². The molecule has 0 saturated heterocycles. The quantitative estimate of drug-likeness (QED) is 0.679. The molecule has 0 N–H and O–H groups in total. The largest absolute Gasteiger partial charge is 0.294 e. The number of allylic oxidation sites excluding steroid dienone is 2. The Morgan fingerprint density at radius 1 is 1.16 bits per heavy atom. The summed E-state index contributed by atoms with van der Waals surface area (Å²) in [4.78, 5) is 12.6. The number of hydrogen-bond donors (Lipinski definition) is 0. The van der Waals surface area contributed by atoms with Gasteiger partial charge in [-0.15, -0.1) is 0 Å². The third kappa shape index (κ3) is 2.17. The van der Waals surface area contributed by atoms with Gasteiger partial charge in [0.2, 0.25) is 0 Å². The van der Waals surface area contributed by atoms with Crippen molar-refractivity contribution >= 4 is 5.78 Å². The molecule has 0 amide bonds. The molecule has 0 aromatic heterocycles. The summed E-state index contributed by atoms with van der Waals surface area (Å²) in [6.45, 7) is 6.22. The third-order valence-electron chi connectivity index (χ3n) is 5.41. The first-order chi connectivity index (χ1) is 8.80. The molecule has 4 rings (SSSR count). The fourth-order valence-electron chi connectivity index (χ4n) is 4.81. The molecular formula is C17H25FO. The predicted molar refractivity (Wildman–Crippen MR) is 74.5 cm³/mol. The molecule has 3 atom stereocenters. The van der Waals surface area contributed by atoms with Crippen molar-refractivity contribution in [1.29, 1.82) is 0 Å². The van der Waals surface area contributed by atoms with E-state index in [9.17, 15) is 9.18 Å². The van der Waals surface area contributed by atoms with Crippen molar-refractivity contribution in [3.63, 3.8) is 0 Å². The molecule has 0 spiro atoms. The molecule has 0 aromatic rings. The number of rotatable bonds is 2. The normalized spacial score (nSPS) is 45.1. The van der Waals surface area contributed by atoms with Crippen molar-refractivity contribution in [2.75, 3.05) is 0 Å². The minimum Gasteiger partial charge on any atom is -0.294 e. The smallest absolute Gasteiger partial charge is 0.164 e. The standard InChI is InChI=1S/C17H25FO/c1-16(2,3)5-4-14(19)17-9-11-6-12(10-17)8-13(7-11)15(17)18/h4-5,11-13,15H,6-10H2,1-3H3/b5-4+. The van der Waals surface area contributed by atoms with Crippen LogP contribution >= 0.6 is 0 Å². The minimum absolute atomic E-state index is 0.0102.